The van der Waals surface area contributed by atoms with E-state index in [4.69, 9.17) is 0 Å². The van der Waals surface area contributed by atoms with Crippen LogP contribution < -0.4 is 15.5 Å². The van der Waals surface area contributed by atoms with Gasteiger partial charge in [-0.3, -0.25) is 9.59 Å². The summed E-state index contributed by atoms with van der Waals surface area (Å²) >= 11 is 1.07. The lowest BCUT2D eigenvalue weighted by Gasteiger charge is -2.35. The number of benzene rings is 2. The third-order valence-corrected chi connectivity index (χ3v) is 7.00. The molecule has 1 aliphatic heterocycles. The fraction of sp³-hybridized carbons (Fsp3) is 0.200. The van der Waals surface area contributed by atoms with Crippen LogP contribution in [0.5, 0.6) is 0 Å². The summed E-state index contributed by atoms with van der Waals surface area (Å²) in [6, 6.07) is 15.2. The fourth-order valence-corrected chi connectivity index (χ4v) is 4.76. The molecule has 2 aromatic heterocycles. The summed E-state index contributed by atoms with van der Waals surface area (Å²) in [7, 11) is 2.10. The first kappa shape index (κ1) is 23.6. The first-order valence-electron chi connectivity index (χ1n) is 11.4. The quantitative estimate of drug-likeness (QED) is 0.415. The van der Waals surface area contributed by atoms with Crippen molar-refractivity contribution in [3.63, 3.8) is 0 Å². The van der Waals surface area contributed by atoms with Crippen LogP contribution in [0.4, 0.5) is 21.5 Å². The van der Waals surface area contributed by atoms with Gasteiger partial charge in [0.25, 0.3) is 11.8 Å². The van der Waals surface area contributed by atoms with Crippen LogP contribution in [0.1, 0.15) is 19.3 Å². The van der Waals surface area contributed by atoms with Crippen molar-refractivity contribution < 1.29 is 14.0 Å². The molecule has 0 unspecified atom stereocenters. The van der Waals surface area contributed by atoms with Gasteiger partial charge in [-0.1, -0.05) is 12.1 Å². The lowest BCUT2D eigenvalue weighted by Crippen LogP contribution is -2.44. The summed E-state index contributed by atoms with van der Waals surface area (Å²) in [5.41, 5.74) is 2.22. The monoisotopic (exact) mass is 505 g/mol. The number of carbonyl (C=O) groups is 2. The van der Waals surface area contributed by atoms with Gasteiger partial charge in [0.1, 0.15) is 18.3 Å². The summed E-state index contributed by atoms with van der Waals surface area (Å²) in [5, 5.41) is 9.57. The highest BCUT2D eigenvalue weighted by molar-refractivity contribution is 7.16. The van der Waals surface area contributed by atoms with Gasteiger partial charge < -0.3 is 20.4 Å². The van der Waals surface area contributed by atoms with Gasteiger partial charge in [-0.15, -0.1) is 11.3 Å². The Morgan fingerprint density at radius 2 is 1.64 bits per heavy atom. The summed E-state index contributed by atoms with van der Waals surface area (Å²) in [6.07, 6.45) is 2.70. The van der Waals surface area contributed by atoms with E-state index in [2.05, 4.69) is 37.6 Å². The topological polar surface area (TPSA) is 95.4 Å². The van der Waals surface area contributed by atoms with E-state index in [9.17, 15) is 14.0 Å². The number of aromatic nitrogens is 3. The number of hydrogen-bond acceptors (Lipinski definition) is 7. The molecule has 0 saturated carbocycles. The predicted octanol–water partition coefficient (Wildman–Crippen LogP) is 3.72. The van der Waals surface area contributed by atoms with Gasteiger partial charge in [-0.25, -0.2) is 14.1 Å². The van der Waals surface area contributed by atoms with Gasteiger partial charge in [-0.05, 0) is 49.5 Å². The first-order valence-corrected chi connectivity index (χ1v) is 12.2. The summed E-state index contributed by atoms with van der Waals surface area (Å²) < 4.78 is 15.8. The molecule has 0 bridgehead atoms. The maximum atomic E-state index is 14.5. The highest BCUT2D eigenvalue weighted by Crippen LogP contribution is 2.28. The van der Waals surface area contributed by atoms with Crippen molar-refractivity contribution in [1.82, 2.24) is 19.7 Å². The molecule has 1 aliphatic rings. The van der Waals surface area contributed by atoms with E-state index in [0.29, 0.717) is 15.4 Å². The number of rotatable bonds is 6. The normalized spacial score (nSPS) is 14.0. The average Bonchev–Trinajstić information content (AvgIpc) is 3.58. The van der Waals surface area contributed by atoms with Gasteiger partial charge in [0.05, 0.1) is 21.1 Å². The van der Waals surface area contributed by atoms with E-state index >= 15 is 0 Å². The Balaban J connectivity index is 1.25. The highest BCUT2D eigenvalue weighted by Gasteiger charge is 2.20. The Labute approximate surface area is 211 Å². The van der Waals surface area contributed by atoms with Gasteiger partial charge in [0, 0.05) is 31.9 Å². The first-order chi connectivity index (χ1) is 17.5. The van der Waals surface area contributed by atoms with Crippen LogP contribution in [0.15, 0.2) is 67.3 Å². The molecule has 36 heavy (non-hydrogen) atoms. The van der Waals surface area contributed by atoms with E-state index in [1.54, 1.807) is 18.2 Å². The van der Waals surface area contributed by atoms with Crippen molar-refractivity contribution in [2.75, 3.05) is 48.8 Å². The molecule has 2 aromatic carbocycles. The number of para-hydroxylation sites is 2. The molecule has 5 rings (SSSR count). The van der Waals surface area contributed by atoms with Crippen molar-refractivity contribution in [2.45, 2.75) is 0 Å². The highest BCUT2D eigenvalue weighted by atomic mass is 32.1. The van der Waals surface area contributed by atoms with Gasteiger partial charge in [0.2, 0.25) is 0 Å². The molecule has 184 valence electrons. The Hall–Kier alpha value is -4.09. The molecular weight excluding hydrogens is 481 g/mol. The van der Waals surface area contributed by atoms with Crippen molar-refractivity contribution in [2.24, 2.45) is 0 Å². The molecule has 11 heteroatoms. The molecule has 0 atom stereocenters. The van der Waals surface area contributed by atoms with Crippen LogP contribution in [0, 0.1) is 5.82 Å². The maximum absolute atomic E-state index is 14.5. The maximum Gasteiger partial charge on any atom is 0.265 e. The third-order valence-electron chi connectivity index (χ3n) is 5.92. The largest absolute Gasteiger partial charge is 0.367 e. The number of anilines is 3. The number of carbonyl (C=O) groups excluding carboxylic acids is 2. The Morgan fingerprint density at radius 1 is 0.917 bits per heavy atom. The standard InChI is InChI=1S/C25H24FN7O2S/c1-31-10-12-32(13-11-31)21-5-3-2-4-19(21)30-25(35)23-9-8-22(36-23)24(34)29-17-6-7-20(18(26)14-17)33-16-27-15-28-33/h2-9,14-16H,10-13H2,1H3,(H,29,34)(H,30,35). The number of likely N-dealkylation sites (N-methyl/N-ethyl adjacent to an activating group) is 1. The van der Waals surface area contributed by atoms with Crippen LogP contribution in [-0.4, -0.2) is 64.7 Å². The Morgan fingerprint density at radius 3 is 2.33 bits per heavy atom. The fourth-order valence-electron chi connectivity index (χ4n) is 3.96. The van der Waals surface area contributed by atoms with E-state index < -0.39 is 11.7 Å². The third kappa shape index (κ3) is 5.11. The number of thiophene rings is 1. The minimum Gasteiger partial charge on any atom is -0.367 e. The molecule has 1 fully saturated rings. The van der Waals surface area contributed by atoms with E-state index in [1.165, 1.54) is 29.5 Å². The summed E-state index contributed by atoms with van der Waals surface area (Å²) in [6.45, 7) is 3.68. The molecule has 1 saturated heterocycles. The second-order valence-corrected chi connectivity index (χ2v) is 9.47. The molecule has 0 aliphatic carbocycles. The number of nitrogens with zero attached hydrogens (tertiary/aromatic N) is 5. The second kappa shape index (κ2) is 10.3. The van der Waals surface area contributed by atoms with Crippen molar-refractivity contribution in [1.29, 1.82) is 0 Å². The number of hydrogen-bond donors (Lipinski definition) is 2. The van der Waals surface area contributed by atoms with Crippen LogP contribution in [0.25, 0.3) is 5.69 Å². The SMILES string of the molecule is CN1CCN(c2ccccc2NC(=O)c2ccc(C(=O)Nc3ccc(-n4cncn4)c(F)c3)s2)CC1. The second-order valence-electron chi connectivity index (χ2n) is 8.39. The van der Waals surface area contributed by atoms with Crippen molar-refractivity contribution >= 4 is 40.2 Å². The lowest BCUT2D eigenvalue weighted by atomic mass is 10.2. The molecule has 0 radical (unpaired) electrons. The number of nitrogens with one attached hydrogen (secondary N) is 2. The molecule has 2 N–H and O–H groups in total. The van der Waals surface area contributed by atoms with Gasteiger partial charge in [-0.2, -0.15) is 5.10 Å². The molecule has 9 nitrogen and oxygen atoms in total. The summed E-state index contributed by atoms with van der Waals surface area (Å²) in [4.78, 5) is 34.8. The van der Waals surface area contributed by atoms with E-state index in [1.807, 2.05) is 24.3 Å². The number of piperazine rings is 1. The average molecular weight is 506 g/mol. The molecule has 4 aromatic rings. The molecule has 3 heterocycles. The smallest absolute Gasteiger partial charge is 0.265 e. The zero-order chi connectivity index (χ0) is 25.1. The van der Waals surface area contributed by atoms with Gasteiger partial charge >= 0.3 is 0 Å². The van der Waals surface area contributed by atoms with Crippen molar-refractivity contribution in [3.8, 4) is 5.69 Å². The zero-order valence-corrected chi connectivity index (χ0v) is 20.3. The zero-order valence-electron chi connectivity index (χ0n) is 19.5. The minimum absolute atomic E-state index is 0.220. The van der Waals surface area contributed by atoms with E-state index in [0.717, 1.165) is 48.9 Å². The molecule has 0 spiro atoms. The van der Waals surface area contributed by atoms with E-state index in [-0.39, 0.29) is 11.6 Å². The Kier molecular flexibility index (Phi) is 6.74. The lowest BCUT2D eigenvalue weighted by molar-refractivity contribution is 0.102. The van der Waals surface area contributed by atoms with Crippen molar-refractivity contribution in [3.05, 3.63) is 82.8 Å². The van der Waals surface area contributed by atoms with Crippen LogP contribution in [0.3, 0.4) is 0 Å². The molecular formula is C25H24FN7O2S. The predicted molar refractivity (Wildman–Crippen MR) is 138 cm³/mol. The van der Waals surface area contributed by atoms with Crippen LogP contribution in [0.2, 0.25) is 0 Å². The van der Waals surface area contributed by atoms with Gasteiger partial charge in [0.15, 0.2) is 5.82 Å². The Bertz CT molecular complexity index is 1380. The van der Waals surface area contributed by atoms with Crippen LogP contribution >= 0.6 is 11.3 Å². The van der Waals surface area contributed by atoms with Crippen LogP contribution in [-0.2, 0) is 0 Å². The number of halogens is 1. The number of amides is 2. The molecule has 2 amide bonds. The minimum atomic E-state index is -0.552. The summed E-state index contributed by atoms with van der Waals surface area (Å²) in [5.74, 6) is -1.27.